The number of rotatable bonds is 36. The lowest BCUT2D eigenvalue weighted by Crippen LogP contribution is -2.61. The Morgan fingerprint density at radius 1 is 0.731 bits per heavy atom. The van der Waals surface area contributed by atoms with Crippen LogP contribution in [0.3, 0.4) is 0 Å². The molecule has 1 aliphatic carbocycles. The molecular formula is C61H89N13O18S. The van der Waals surface area contributed by atoms with E-state index in [0.29, 0.717) is 60.4 Å². The van der Waals surface area contributed by atoms with E-state index in [4.69, 9.17) is 57.1 Å². The smallest absolute Gasteiger partial charge is 0.310 e. The van der Waals surface area contributed by atoms with Crippen LogP contribution < -0.4 is 79.5 Å². The summed E-state index contributed by atoms with van der Waals surface area (Å²) in [5.74, 6) is -11.0. The Morgan fingerprint density at radius 3 is 1.86 bits per heavy atom. The van der Waals surface area contributed by atoms with Crippen molar-refractivity contribution in [3.63, 3.8) is 0 Å². The Labute approximate surface area is 542 Å². The molecule has 0 bridgehead atoms. The molecule has 0 spiro atoms. The van der Waals surface area contributed by atoms with Gasteiger partial charge in [0.25, 0.3) is 0 Å². The molecule has 9 amide bonds. The largest absolute Gasteiger partial charge is 0.502 e. The number of ether oxygens (including phenoxy) is 6. The van der Waals surface area contributed by atoms with Gasteiger partial charge in [0.2, 0.25) is 65.7 Å². The van der Waals surface area contributed by atoms with Gasteiger partial charge in [0.05, 0.1) is 44.5 Å². The molecule has 2 fully saturated rings. The van der Waals surface area contributed by atoms with Gasteiger partial charge in [-0.1, -0.05) is 40.5 Å². The minimum atomic E-state index is -1.52. The average molecular weight is 1320 g/mol. The second-order valence-electron chi connectivity index (χ2n) is 23.4. The maximum Gasteiger partial charge on any atom is 0.310 e. The van der Waals surface area contributed by atoms with E-state index in [1.807, 2.05) is 6.92 Å². The highest BCUT2D eigenvalue weighted by atomic mass is 32.2. The van der Waals surface area contributed by atoms with Crippen LogP contribution in [-0.2, 0) is 62.2 Å². The van der Waals surface area contributed by atoms with Crippen molar-refractivity contribution in [1.29, 1.82) is 0 Å². The van der Waals surface area contributed by atoms with Crippen LogP contribution in [0.5, 0.6) is 28.7 Å². The third-order valence-electron chi connectivity index (χ3n) is 17.1. The van der Waals surface area contributed by atoms with Crippen molar-refractivity contribution in [2.45, 2.75) is 152 Å². The number of likely N-dealkylation sites (tertiary alicyclic amines) is 1. The standard InChI is InChI=1S/C61H89N13O18S/c1-8-29(3)49(57(83)67-5)72-55(81)36(13-10-11-18-62)71-58(84)50(30(4)9-2)73-56(82)38(15-16-44(64)75)70-54(80)37(14-12-19-68-61(65)66)69-53(79)35(63)27-93-43-25-45(76)74(59(43)85)20-17-46(77)92-52-33-24-40-39(90-28-91-40)23-32(33)47(48-34(52)26-89-60(48)86)31-21-41(87-6)51(78)42(22-31)88-7/h21-24,29-30,34-38,43,47-50,52,78H,8-20,25-28,62-63H2,1-7H3,(H2,64,75)(H,67,83)(H,69,79)(H,70,80)(H,71,84)(H,72,81)(H,73,82)(H4,65,66,68)/t29?,30?,34-,35-,36-,37-,38-,43?,47+,48-,49-,50-,52+/m0/s1. The van der Waals surface area contributed by atoms with Gasteiger partial charge in [-0.05, 0) is 92.3 Å². The molecule has 17 N–H and O–H groups in total. The molecule has 6 rings (SSSR count). The van der Waals surface area contributed by atoms with Crippen LogP contribution in [0.2, 0.25) is 0 Å². The summed E-state index contributed by atoms with van der Waals surface area (Å²) >= 11 is 0.897. The topological polar surface area (TPSA) is 481 Å². The van der Waals surface area contributed by atoms with Gasteiger partial charge in [0.15, 0.2) is 29.0 Å². The number of imide groups is 1. The van der Waals surface area contributed by atoms with E-state index in [-0.39, 0.29) is 93.5 Å². The number of aromatic hydroxyl groups is 1. The van der Waals surface area contributed by atoms with Gasteiger partial charge < -0.3 is 94.1 Å². The van der Waals surface area contributed by atoms with Crippen LogP contribution >= 0.6 is 11.8 Å². The fraction of sp³-hybridized carbons (Fsp3) is 0.607. The number of phenols is 1. The van der Waals surface area contributed by atoms with Crippen LogP contribution in [0.1, 0.15) is 127 Å². The first-order valence-corrected chi connectivity index (χ1v) is 32.1. The predicted molar refractivity (Wildman–Crippen MR) is 336 cm³/mol. The van der Waals surface area contributed by atoms with Crippen LogP contribution in [0, 0.1) is 23.7 Å². The van der Waals surface area contributed by atoms with E-state index in [9.17, 15) is 57.8 Å². The van der Waals surface area contributed by atoms with Gasteiger partial charge in [0.1, 0.15) is 36.3 Å². The van der Waals surface area contributed by atoms with Gasteiger partial charge in [-0.25, -0.2) is 0 Å². The predicted octanol–water partition coefficient (Wildman–Crippen LogP) is -1.05. The number of methoxy groups -OCH3 is 2. The van der Waals surface area contributed by atoms with Crippen molar-refractivity contribution >= 4 is 82.8 Å². The summed E-state index contributed by atoms with van der Waals surface area (Å²) in [6.07, 6.45) is -0.581. The van der Waals surface area contributed by atoms with Crippen molar-refractivity contribution in [3.05, 3.63) is 41.0 Å². The molecule has 0 saturated carbocycles. The Hall–Kier alpha value is -8.65. The fourth-order valence-electron chi connectivity index (χ4n) is 11.4. The number of aliphatic imine (C=N–C) groups is 1. The minimum absolute atomic E-state index is 0.00998. The molecule has 3 heterocycles. The number of nitrogens with two attached hydrogens (primary N) is 5. The molecule has 0 radical (unpaired) electrons. The van der Waals surface area contributed by atoms with Gasteiger partial charge in [-0.3, -0.25) is 62.6 Å². The van der Waals surface area contributed by atoms with Crippen molar-refractivity contribution in [2.24, 2.45) is 57.3 Å². The summed E-state index contributed by atoms with van der Waals surface area (Å²) in [7, 11) is 4.18. The number of benzene rings is 2. The Morgan fingerprint density at radius 2 is 1.29 bits per heavy atom. The monoisotopic (exact) mass is 1320 g/mol. The quantitative estimate of drug-likeness (QED) is 0.0127. The number of nitrogens with zero attached hydrogens (tertiary/aromatic N) is 2. The summed E-state index contributed by atoms with van der Waals surface area (Å²) in [5.41, 5.74) is 30.2. The second-order valence-corrected chi connectivity index (χ2v) is 24.6. The molecule has 2 aromatic carbocycles. The molecule has 3 unspecified atom stereocenters. The highest BCUT2D eigenvalue weighted by Gasteiger charge is 2.54. The Balaban J connectivity index is 1.10. The van der Waals surface area contributed by atoms with Crippen molar-refractivity contribution in [2.75, 3.05) is 60.1 Å². The van der Waals surface area contributed by atoms with E-state index < -0.39 is 149 Å². The number of amides is 9. The molecule has 93 heavy (non-hydrogen) atoms. The van der Waals surface area contributed by atoms with Crippen molar-refractivity contribution in [1.82, 2.24) is 36.8 Å². The van der Waals surface area contributed by atoms with Gasteiger partial charge in [-0.2, -0.15) is 0 Å². The van der Waals surface area contributed by atoms with E-state index >= 15 is 0 Å². The molecule has 4 aliphatic rings. The van der Waals surface area contributed by atoms with Gasteiger partial charge in [0, 0.05) is 56.1 Å². The third-order valence-corrected chi connectivity index (χ3v) is 18.4. The number of primary amides is 1. The van der Waals surface area contributed by atoms with Crippen LogP contribution in [0.25, 0.3) is 0 Å². The fourth-order valence-corrected chi connectivity index (χ4v) is 12.6. The molecule has 32 heteroatoms. The lowest BCUT2D eigenvalue weighted by molar-refractivity contribution is -0.155. The number of unbranched alkanes of at least 4 members (excludes halogenated alkanes) is 1. The zero-order chi connectivity index (χ0) is 68.4. The lowest BCUT2D eigenvalue weighted by atomic mass is 9.66. The number of carbonyl (C=O) groups excluding carboxylic acids is 11. The zero-order valence-corrected chi connectivity index (χ0v) is 54.2. The van der Waals surface area contributed by atoms with Crippen LogP contribution in [0.15, 0.2) is 29.3 Å². The number of nitrogens with one attached hydrogen (secondary N) is 6. The van der Waals surface area contributed by atoms with Gasteiger partial charge in [-0.15, -0.1) is 11.8 Å². The number of hydrogen-bond acceptors (Lipinski definition) is 22. The van der Waals surface area contributed by atoms with Crippen LogP contribution in [0.4, 0.5) is 0 Å². The molecule has 13 atom stereocenters. The highest BCUT2D eigenvalue weighted by molar-refractivity contribution is 8.00. The second kappa shape index (κ2) is 34.3. The van der Waals surface area contributed by atoms with E-state index in [2.05, 4.69) is 36.9 Å². The highest BCUT2D eigenvalue weighted by Crippen LogP contribution is 2.56. The number of guanidine groups is 1. The normalized spacial score (nSPS) is 20.3. The summed E-state index contributed by atoms with van der Waals surface area (Å²) < 4.78 is 34.0. The van der Waals surface area contributed by atoms with Crippen molar-refractivity contribution < 1.29 is 86.3 Å². The molecule has 512 valence electrons. The molecule has 0 aromatic heterocycles. The molecule has 31 nitrogen and oxygen atoms in total. The number of likely N-dealkylation sites (N-methyl/N-ethyl adjacent to an activating group) is 1. The number of hydrogen-bond donors (Lipinski definition) is 12. The molecule has 2 aromatic rings. The van der Waals surface area contributed by atoms with E-state index in [1.165, 1.54) is 21.3 Å². The summed E-state index contributed by atoms with van der Waals surface area (Å²) in [6, 6.07) is -1.18. The Kier molecular flexibility index (Phi) is 27.1. The summed E-state index contributed by atoms with van der Waals surface area (Å²) in [5, 5.41) is 25.6. The first kappa shape index (κ1) is 73.4. The number of cyclic esters (lactones) is 1. The Bertz CT molecular complexity index is 3090. The number of thioether (sulfide) groups is 1. The summed E-state index contributed by atoms with van der Waals surface area (Å²) in [6.45, 7) is 6.84. The number of carbonyl (C=O) groups is 11. The van der Waals surface area contributed by atoms with Gasteiger partial charge >= 0.3 is 11.9 Å². The SMILES string of the molecule is CCC(C)[C@H](NC(=O)[C@H](CCCCN)NC(=O)[C@@H](NC(=O)[C@H](CCC(N)=O)NC(=O)[C@H](CCCN=C(N)N)NC(=O)[C@@H](N)CSC1CC(=O)N(CCC(=O)O[C@@H]2c3cc4c(cc3[C@@H](c3cc(OC)c(O)c(OC)c3)[C@H]3C(=O)OC[C@@H]32)OCO4)C1=O)C(C)CC)C(=O)NC. The van der Waals surface area contributed by atoms with E-state index in [0.717, 1.165) is 16.7 Å². The average Bonchev–Trinajstić information content (AvgIpc) is 1.69. The maximum absolute atomic E-state index is 14.3. The molecule has 2 saturated heterocycles. The first-order chi connectivity index (χ1) is 44.3. The summed E-state index contributed by atoms with van der Waals surface area (Å²) in [4.78, 5) is 155. The lowest BCUT2D eigenvalue weighted by Gasteiger charge is -2.38. The van der Waals surface area contributed by atoms with E-state index in [1.54, 1.807) is 45.0 Å². The minimum Gasteiger partial charge on any atom is -0.502 e. The zero-order valence-electron chi connectivity index (χ0n) is 53.4. The maximum atomic E-state index is 14.3. The number of esters is 2. The van der Waals surface area contributed by atoms with Crippen molar-refractivity contribution in [3.8, 4) is 28.7 Å². The molecule has 3 aliphatic heterocycles. The first-order valence-electron chi connectivity index (χ1n) is 31.0. The van der Waals surface area contributed by atoms with Crippen LogP contribution in [-0.4, -0.2) is 183 Å². The third kappa shape index (κ3) is 18.8. The molecular weight excluding hydrogens is 1230 g/mol. The number of phenolic OH excluding ortho intramolecular Hbond substituents is 1. The number of fused-ring (bicyclic) bond motifs is 3.